The van der Waals surface area contributed by atoms with Gasteiger partial charge in [0.15, 0.2) is 0 Å². The van der Waals surface area contributed by atoms with E-state index in [1.165, 1.54) is 0 Å². The SMILES string of the molecule is Cc1ccc(C)c(S(=O)(=O)N2CCC(C)C2C(=O)O)c1. The Kier molecular flexibility index (Phi) is 3.88. The number of carbonyl (C=O) groups is 1. The van der Waals surface area contributed by atoms with Crippen LogP contribution >= 0.6 is 0 Å². The lowest BCUT2D eigenvalue weighted by Crippen LogP contribution is -2.42. The summed E-state index contributed by atoms with van der Waals surface area (Å²) in [7, 11) is -3.77. The Morgan fingerprint density at radius 3 is 2.60 bits per heavy atom. The highest BCUT2D eigenvalue weighted by Gasteiger charge is 2.44. The second-order valence-electron chi connectivity index (χ2n) is 5.43. The molecule has 2 unspecified atom stereocenters. The lowest BCUT2D eigenvalue weighted by molar-refractivity contribution is -0.141. The van der Waals surface area contributed by atoms with E-state index >= 15 is 0 Å². The van der Waals surface area contributed by atoms with E-state index in [-0.39, 0.29) is 17.4 Å². The fraction of sp³-hybridized carbons (Fsp3) is 0.500. The maximum Gasteiger partial charge on any atom is 0.322 e. The predicted octanol–water partition coefficient (Wildman–Crippen LogP) is 1.79. The van der Waals surface area contributed by atoms with Gasteiger partial charge in [0.25, 0.3) is 0 Å². The molecule has 20 heavy (non-hydrogen) atoms. The fourth-order valence-electron chi connectivity index (χ4n) is 2.66. The monoisotopic (exact) mass is 297 g/mol. The summed E-state index contributed by atoms with van der Waals surface area (Å²) >= 11 is 0. The Bertz CT molecular complexity index is 639. The van der Waals surface area contributed by atoms with Crippen LogP contribution in [0.2, 0.25) is 0 Å². The summed E-state index contributed by atoms with van der Waals surface area (Å²) in [5.41, 5.74) is 1.48. The number of carboxylic acids is 1. The van der Waals surface area contributed by atoms with Crippen LogP contribution in [0.15, 0.2) is 23.1 Å². The normalized spacial score (nSPS) is 23.9. The number of carboxylic acid groups (broad SMARTS) is 1. The number of nitrogens with zero attached hydrogens (tertiary/aromatic N) is 1. The van der Waals surface area contributed by atoms with E-state index in [0.717, 1.165) is 9.87 Å². The van der Waals surface area contributed by atoms with Gasteiger partial charge in [-0.2, -0.15) is 4.31 Å². The number of hydrogen-bond donors (Lipinski definition) is 1. The molecular formula is C14H19NO4S. The van der Waals surface area contributed by atoms with Crippen molar-refractivity contribution in [3.8, 4) is 0 Å². The van der Waals surface area contributed by atoms with Crippen molar-refractivity contribution in [2.24, 2.45) is 5.92 Å². The van der Waals surface area contributed by atoms with Crippen molar-refractivity contribution in [3.63, 3.8) is 0 Å². The summed E-state index contributed by atoms with van der Waals surface area (Å²) in [6.07, 6.45) is 0.570. The van der Waals surface area contributed by atoms with Crippen molar-refractivity contribution in [2.75, 3.05) is 6.54 Å². The third kappa shape index (κ3) is 2.45. The topological polar surface area (TPSA) is 74.7 Å². The standard InChI is InChI=1S/C14H19NO4S/c1-9-4-5-10(2)12(8-9)20(18,19)15-7-6-11(3)13(15)14(16)17/h4-5,8,11,13H,6-7H2,1-3H3,(H,16,17). The first-order chi connectivity index (χ1) is 9.25. The lowest BCUT2D eigenvalue weighted by Gasteiger charge is -2.23. The Hall–Kier alpha value is -1.40. The molecule has 0 saturated carbocycles. The molecule has 0 radical (unpaired) electrons. The molecule has 1 aliphatic heterocycles. The molecule has 0 spiro atoms. The minimum atomic E-state index is -3.77. The zero-order valence-corrected chi connectivity index (χ0v) is 12.6. The number of aliphatic carboxylic acids is 1. The highest BCUT2D eigenvalue weighted by molar-refractivity contribution is 7.89. The van der Waals surface area contributed by atoms with Gasteiger partial charge in [0, 0.05) is 6.54 Å². The van der Waals surface area contributed by atoms with Gasteiger partial charge in [0.2, 0.25) is 10.0 Å². The quantitative estimate of drug-likeness (QED) is 0.923. The molecule has 0 bridgehead atoms. The first-order valence-electron chi connectivity index (χ1n) is 6.57. The van der Waals surface area contributed by atoms with Crippen LogP contribution in [0.25, 0.3) is 0 Å². The van der Waals surface area contributed by atoms with Crippen LogP contribution in [-0.2, 0) is 14.8 Å². The molecule has 110 valence electrons. The minimum absolute atomic E-state index is 0.174. The van der Waals surface area contributed by atoms with E-state index in [4.69, 9.17) is 0 Å². The highest BCUT2D eigenvalue weighted by Crippen LogP contribution is 2.31. The van der Waals surface area contributed by atoms with Crippen molar-refractivity contribution in [2.45, 2.75) is 38.1 Å². The van der Waals surface area contributed by atoms with E-state index in [9.17, 15) is 18.3 Å². The average Bonchev–Trinajstić information content (AvgIpc) is 2.75. The first-order valence-corrected chi connectivity index (χ1v) is 8.01. The van der Waals surface area contributed by atoms with Crippen molar-refractivity contribution in [1.82, 2.24) is 4.31 Å². The van der Waals surface area contributed by atoms with E-state index in [1.807, 2.05) is 13.0 Å². The molecule has 2 atom stereocenters. The number of sulfonamides is 1. The number of hydrogen-bond acceptors (Lipinski definition) is 3. The smallest absolute Gasteiger partial charge is 0.322 e. The highest BCUT2D eigenvalue weighted by atomic mass is 32.2. The number of benzene rings is 1. The molecule has 1 aromatic carbocycles. The maximum absolute atomic E-state index is 12.7. The molecule has 0 aromatic heterocycles. The summed E-state index contributed by atoms with van der Waals surface area (Å²) in [5.74, 6) is -1.25. The van der Waals surface area contributed by atoms with E-state index < -0.39 is 22.0 Å². The van der Waals surface area contributed by atoms with Gasteiger partial charge >= 0.3 is 5.97 Å². The van der Waals surface area contributed by atoms with Gasteiger partial charge < -0.3 is 5.11 Å². The van der Waals surface area contributed by atoms with Crippen LogP contribution < -0.4 is 0 Å². The Labute approximate surface area is 119 Å². The van der Waals surface area contributed by atoms with Gasteiger partial charge in [-0.15, -0.1) is 0 Å². The fourth-order valence-corrected chi connectivity index (χ4v) is 4.66. The Balaban J connectivity index is 2.50. The largest absolute Gasteiger partial charge is 0.480 e. The molecule has 5 nitrogen and oxygen atoms in total. The third-order valence-electron chi connectivity index (χ3n) is 3.84. The first kappa shape index (κ1) is 15.0. The second kappa shape index (κ2) is 5.18. The van der Waals surface area contributed by atoms with Crippen LogP contribution in [0, 0.1) is 19.8 Å². The molecule has 1 N–H and O–H groups in total. The van der Waals surface area contributed by atoms with Crippen LogP contribution in [0.1, 0.15) is 24.5 Å². The Morgan fingerprint density at radius 1 is 1.35 bits per heavy atom. The van der Waals surface area contributed by atoms with Crippen LogP contribution in [0.5, 0.6) is 0 Å². The minimum Gasteiger partial charge on any atom is -0.480 e. The van der Waals surface area contributed by atoms with E-state index in [1.54, 1.807) is 26.0 Å². The summed E-state index contributed by atoms with van der Waals surface area (Å²) < 4.78 is 26.6. The molecular weight excluding hydrogens is 278 g/mol. The summed E-state index contributed by atoms with van der Waals surface area (Å²) in [6.45, 7) is 5.58. The van der Waals surface area contributed by atoms with E-state index in [2.05, 4.69) is 0 Å². The maximum atomic E-state index is 12.7. The predicted molar refractivity (Wildman–Crippen MR) is 75.0 cm³/mol. The van der Waals surface area contributed by atoms with Gasteiger partial charge in [0.1, 0.15) is 6.04 Å². The molecule has 2 rings (SSSR count). The Morgan fingerprint density at radius 2 is 2.00 bits per heavy atom. The molecule has 0 amide bonds. The van der Waals surface area contributed by atoms with Gasteiger partial charge in [0.05, 0.1) is 4.90 Å². The molecule has 1 saturated heterocycles. The van der Waals surface area contributed by atoms with Crippen molar-refractivity contribution < 1.29 is 18.3 Å². The van der Waals surface area contributed by atoms with Crippen molar-refractivity contribution in [1.29, 1.82) is 0 Å². The average molecular weight is 297 g/mol. The van der Waals surface area contributed by atoms with Crippen molar-refractivity contribution >= 4 is 16.0 Å². The number of rotatable bonds is 3. The summed E-state index contributed by atoms with van der Waals surface area (Å²) in [5, 5.41) is 9.28. The van der Waals surface area contributed by atoms with Gasteiger partial charge in [-0.05, 0) is 43.4 Å². The van der Waals surface area contributed by atoms with Gasteiger partial charge in [-0.3, -0.25) is 4.79 Å². The van der Waals surface area contributed by atoms with Gasteiger partial charge in [-0.1, -0.05) is 19.1 Å². The molecule has 1 fully saturated rings. The zero-order valence-electron chi connectivity index (χ0n) is 11.8. The van der Waals surface area contributed by atoms with Crippen LogP contribution in [-0.4, -0.2) is 36.4 Å². The van der Waals surface area contributed by atoms with Gasteiger partial charge in [-0.25, -0.2) is 8.42 Å². The molecule has 1 aromatic rings. The molecule has 0 aliphatic carbocycles. The molecule has 1 aliphatic rings. The zero-order chi connectivity index (χ0) is 15.1. The number of aryl methyl sites for hydroxylation is 2. The van der Waals surface area contributed by atoms with E-state index in [0.29, 0.717) is 12.0 Å². The molecule has 6 heteroatoms. The summed E-state index contributed by atoms with van der Waals surface area (Å²) in [4.78, 5) is 11.6. The van der Waals surface area contributed by atoms with Crippen LogP contribution in [0.4, 0.5) is 0 Å². The van der Waals surface area contributed by atoms with Crippen molar-refractivity contribution in [3.05, 3.63) is 29.3 Å². The summed E-state index contributed by atoms with van der Waals surface area (Å²) in [6, 6.07) is 4.22. The lowest BCUT2D eigenvalue weighted by atomic mass is 10.0. The molecule has 1 heterocycles. The third-order valence-corrected chi connectivity index (χ3v) is 5.86. The second-order valence-corrected chi connectivity index (χ2v) is 7.29. The van der Waals surface area contributed by atoms with Crippen LogP contribution in [0.3, 0.4) is 0 Å².